The number of halogens is 1. The quantitative estimate of drug-likeness (QED) is 0.543. The van der Waals surface area contributed by atoms with Crippen molar-refractivity contribution in [2.75, 3.05) is 44.6 Å². The molecule has 0 aliphatic carbocycles. The minimum Gasteiger partial charge on any atom is -0.497 e. The van der Waals surface area contributed by atoms with E-state index in [1.165, 1.54) is 24.1 Å². The fourth-order valence-corrected chi connectivity index (χ4v) is 3.51. The molecule has 8 nitrogen and oxygen atoms in total. The fraction of sp³-hybridized carbons (Fsp3) is 0.350. The molecule has 0 aliphatic heterocycles. The molecule has 0 heterocycles. The number of nitrogens with zero attached hydrogens (tertiary/aromatic N) is 1. The molecule has 0 spiro atoms. The van der Waals surface area contributed by atoms with Crippen LogP contribution in [0.15, 0.2) is 41.3 Å². The summed E-state index contributed by atoms with van der Waals surface area (Å²) >= 11 is 6.08. The lowest BCUT2D eigenvalue weighted by molar-refractivity contribution is -0.141. The largest absolute Gasteiger partial charge is 0.497 e. The zero-order chi connectivity index (χ0) is 22.3. The molecule has 2 rings (SSSR count). The van der Waals surface area contributed by atoms with Gasteiger partial charge in [0.25, 0.3) is 0 Å². The lowest BCUT2D eigenvalue weighted by atomic mass is 10.2. The first-order chi connectivity index (χ1) is 14.2. The predicted octanol–water partition coefficient (Wildman–Crippen LogP) is 2.82. The van der Waals surface area contributed by atoms with Crippen molar-refractivity contribution in [3.63, 3.8) is 0 Å². The Balaban J connectivity index is 2.67. The molecule has 164 valence electrons. The number of rotatable bonds is 10. The molecule has 0 unspecified atom stereocenters. The van der Waals surface area contributed by atoms with E-state index in [0.717, 1.165) is 6.26 Å². The molecule has 2 aromatic rings. The van der Waals surface area contributed by atoms with Gasteiger partial charge in [0, 0.05) is 29.1 Å². The molecule has 0 atom stereocenters. The third-order valence-electron chi connectivity index (χ3n) is 3.99. The zero-order valence-corrected chi connectivity index (χ0v) is 18.5. The molecule has 0 amide bonds. The van der Waals surface area contributed by atoms with E-state index in [2.05, 4.69) is 0 Å². The molecule has 0 saturated heterocycles. The van der Waals surface area contributed by atoms with Crippen LogP contribution in [0.2, 0.25) is 5.02 Å². The van der Waals surface area contributed by atoms with Crippen LogP contribution in [0.3, 0.4) is 0 Å². The SMILES string of the molecule is CCOC(=O)CN(c1cc(OC)cc(S(C)(=O)=O)c1)c1ccc(Cl)cc1OCCO. The number of benzene rings is 2. The van der Waals surface area contributed by atoms with Crippen molar-refractivity contribution in [2.45, 2.75) is 11.8 Å². The van der Waals surface area contributed by atoms with Crippen LogP contribution < -0.4 is 14.4 Å². The molecule has 0 radical (unpaired) electrons. The Morgan fingerprint density at radius 3 is 2.53 bits per heavy atom. The van der Waals surface area contributed by atoms with Crippen LogP contribution in [0.5, 0.6) is 11.5 Å². The van der Waals surface area contributed by atoms with Gasteiger partial charge in [0.15, 0.2) is 9.84 Å². The molecule has 0 saturated carbocycles. The van der Waals surface area contributed by atoms with Gasteiger partial charge in [-0.15, -0.1) is 0 Å². The Hall–Kier alpha value is -2.49. The van der Waals surface area contributed by atoms with Gasteiger partial charge in [0.2, 0.25) is 0 Å². The summed E-state index contributed by atoms with van der Waals surface area (Å²) in [6.07, 6.45) is 1.08. The minimum absolute atomic E-state index is 0.00723. The molecule has 10 heteroatoms. The van der Waals surface area contributed by atoms with Crippen LogP contribution in [-0.2, 0) is 19.4 Å². The van der Waals surface area contributed by atoms with E-state index in [-0.39, 0.29) is 31.3 Å². The Labute approximate surface area is 180 Å². The first kappa shape index (κ1) is 23.8. The average Bonchev–Trinajstić information content (AvgIpc) is 2.70. The van der Waals surface area contributed by atoms with E-state index in [9.17, 15) is 13.2 Å². The molecular formula is C20H24ClNO7S. The summed E-state index contributed by atoms with van der Waals surface area (Å²) in [4.78, 5) is 13.9. The van der Waals surface area contributed by atoms with Crippen LogP contribution >= 0.6 is 11.6 Å². The second kappa shape index (κ2) is 10.5. The van der Waals surface area contributed by atoms with Gasteiger partial charge in [-0.3, -0.25) is 4.79 Å². The number of anilines is 2. The molecule has 0 fully saturated rings. The molecule has 0 aromatic heterocycles. The van der Waals surface area contributed by atoms with Crippen molar-refractivity contribution >= 4 is 38.8 Å². The second-order valence-electron chi connectivity index (χ2n) is 6.21. The monoisotopic (exact) mass is 457 g/mol. The van der Waals surface area contributed by atoms with E-state index >= 15 is 0 Å². The van der Waals surface area contributed by atoms with Crippen molar-refractivity contribution in [1.29, 1.82) is 0 Å². The zero-order valence-electron chi connectivity index (χ0n) is 16.9. The number of hydrogen-bond donors (Lipinski definition) is 1. The topological polar surface area (TPSA) is 102 Å². The second-order valence-corrected chi connectivity index (χ2v) is 8.67. The van der Waals surface area contributed by atoms with Crippen molar-refractivity contribution in [3.8, 4) is 11.5 Å². The normalized spacial score (nSPS) is 11.1. The van der Waals surface area contributed by atoms with Gasteiger partial charge in [0.1, 0.15) is 24.7 Å². The highest BCUT2D eigenvalue weighted by Gasteiger charge is 2.22. The van der Waals surface area contributed by atoms with E-state index in [0.29, 0.717) is 27.9 Å². The van der Waals surface area contributed by atoms with E-state index in [1.807, 2.05) is 0 Å². The Morgan fingerprint density at radius 1 is 1.20 bits per heavy atom. The predicted molar refractivity (Wildman–Crippen MR) is 114 cm³/mol. The number of carbonyl (C=O) groups is 1. The summed E-state index contributed by atoms with van der Waals surface area (Å²) in [5.74, 6) is 0.0856. The standard InChI is InChI=1S/C20H24ClNO7S/c1-4-28-20(24)13-22(18-6-5-14(21)9-19(18)29-8-7-23)15-10-16(27-2)12-17(11-15)30(3,25)26/h5-6,9-12,23H,4,7-8,13H2,1-3H3. The third kappa shape index (κ3) is 6.25. The number of ether oxygens (including phenoxy) is 3. The van der Waals surface area contributed by atoms with Crippen LogP contribution in [0.1, 0.15) is 6.92 Å². The highest BCUT2D eigenvalue weighted by molar-refractivity contribution is 7.90. The van der Waals surface area contributed by atoms with Gasteiger partial charge in [-0.05, 0) is 31.2 Å². The fourth-order valence-electron chi connectivity index (χ4n) is 2.68. The maximum atomic E-state index is 12.3. The van der Waals surface area contributed by atoms with E-state index < -0.39 is 15.8 Å². The van der Waals surface area contributed by atoms with Crippen LogP contribution in [-0.4, -0.2) is 59.2 Å². The summed E-state index contributed by atoms with van der Waals surface area (Å²) in [5.41, 5.74) is 0.813. The highest BCUT2D eigenvalue weighted by atomic mass is 35.5. The van der Waals surface area contributed by atoms with Crippen LogP contribution in [0, 0.1) is 0 Å². The third-order valence-corrected chi connectivity index (χ3v) is 5.32. The van der Waals surface area contributed by atoms with Gasteiger partial charge in [0.05, 0.1) is 30.9 Å². The summed E-state index contributed by atoms with van der Waals surface area (Å²) in [6, 6.07) is 9.21. The van der Waals surface area contributed by atoms with Gasteiger partial charge < -0.3 is 24.2 Å². The number of esters is 1. The maximum Gasteiger partial charge on any atom is 0.325 e. The average molecular weight is 458 g/mol. The highest BCUT2D eigenvalue weighted by Crippen LogP contribution is 2.38. The van der Waals surface area contributed by atoms with Crippen LogP contribution in [0.25, 0.3) is 0 Å². The number of hydrogen-bond acceptors (Lipinski definition) is 8. The smallest absolute Gasteiger partial charge is 0.325 e. The van der Waals surface area contributed by atoms with Gasteiger partial charge in [-0.25, -0.2) is 8.42 Å². The van der Waals surface area contributed by atoms with Gasteiger partial charge >= 0.3 is 5.97 Å². The molecule has 1 N–H and O–H groups in total. The maximum absolute atomic E-state index is 12.3. The first-order valence-corrected chi connectivity index (χ1v) is 11.3. The Kier molecular flexibility index (Phi) is 8.33. The first-order valence-electron chi connectivity index (χ1n) is 9.05. The molecule has 2 aromatic carbocycles. The summed E-state index contributed by atoms with van der Waals surface area (Å²) < 4.78 is 40.2. The van der Waals surface area contributed by atoms with Gasteiger partial charge in [-0.2, -0.15) is 0 Å². The number of aliphatic hydroxyl groups is 1. The molecule has 0 bridgehead atoms. The number of carbonyl (C=O) groups excluding carboxylic acids is 1. The Bertz CT molecular complexity index is 995. The molecule has 0 aliphatic rings. The van der Waals surface area contributed by atoms with Crippen molar-refractivity contribution < 1.29 is 32.5 Å². The summed E-state index contributed by atoms with van der Waals surface area (Å²) in [6.45, 7) is 1.44. The lowest BCUT2D eigenvalue weighted by Gasteiger charge is -2.27. The van der Waals surface area contributed by atoms with E-state index in [4.69, 9.17) is 30.9 Å². The van der Waals surface area contributed by atoms with Gasteiger partial charge in [-0.1, -0.05) is 11.6 Å². The van der Waals surface area contributed by atoms with Crippen molar-refractivity contribution in [1.82, 2.24) is 0 Å². The number of aliphatic hydroxyl groups excluding tert-OH is 1. The van der Waals surface area contributed by atoms with E-state index in [1.54, 1.807) is 31.2 Å². The van der Waals surface area contributed by atoms with Crippen LogP contribution in [0.4, 0.5) is 11.4 Å². The minimum atomic E-state index is -3.55. The summed E-state index contributed by atoms with van der Waals surface area (Å²) in [7, 11) is -2.14. The number of sulfone groups is 1. The summed E-state index contributed by atoms with van der Waals surface area (Å²) in [5, 5.41) is 9.52. The Morgan fingerprint density at radius 2 is 1.93 bits per heavy atom. The van der Waals surface area contributed by atoms with Crippen molar-refractivity contribution in [3.05, 3.63) is 41.4 Å². The number of methoxy groups -OCH3 is 1. The van der Waals surface area contributed by atoms with Crippen molar-refractivity contribution in [2.24, 2.45) is 0 Å². The lowest BCUT2D eigenvalue weighted by Crippen LogP contribution is -2.27. The molecular weight excluding hydrogens is 434 g/mol. The molecule has 30 heavy (non-hydrogen) atoms.